The monoisotopic (exact) mass is 239 g/mol. The second-order valence-electron chi connectivity index (χ2n) is 6.28. The molecule has 2 aliphatic rings. The van der Waals surface area contributed by atoms with E-state index in [9.17, 15) is 9.59 Å². The fourth-order valence-electron chi connectivity index (χ4n) is 2.95. The van der Waals surface area contributed by atoms with Crippen LogP contribution in [0.2, 0.25) is 0 Å². The Kier molecular flexibility index (Phi) is 3.15. The van der Waals surface area contributed by atoms with Gasteiger partial charge in [0.25, 0.3) is 0 Å². The van der Waals surface area contributed by atoms with E-state index in [1.165, 1.54) is 0 Å². The van der Waals surface area contributed by atoms with Crippen molar-refractivity contribution in [2.45, 2.75) is 39.2 Å². The van der Waals surface area contributed by atoms with Gasteiger partial charge in [-0.3, -0.25) is 0 Å². The normalized spacial score (nSPS) is 32.4. The van der Waals surface area contributed by atoms with E-state index in [0.717, 1.165) is 25.7 Å². The molecular weight excluding hydrogens is 218 g/mol. The average molecular weight is 239 g/mol. The number of carbonyl (C=O) groups excluding carboxylic acids is 2. The summed E-state index contributed by atoms with van der Waals surface area (Å²) in [6, 6.07) is 0. The van der Waals surface area contributed by atoms with Crippen LogP contribution in [0.1, 0.15) is 33.6 Å². The minimum Gasteiger partial charge on any atom is -0.444 e. The van der Waals surface area contributed by atoms with Gasteiger partial charge in [-0.1, -0.05) is 0 Å². The van der Waals surface area contributed by atoms with E-state index in [4.69, 9.17) is 4.74 Å². The molecule has 0 aromatic rings. The van der Waals surface area contributed by atoms with E-state index in [-0.39, 0.29) is 12.0 Å². The molecule has 96 valence electrons. The number of amides is 1. The molecule has 1 amide bonds. The van der Waals surface area contributed by atoms with E-state index in [2.05, 4.69) is 0 Å². The molecule has 0 N–H and O–H groups in total. The van der Waals surface area contributed by atoms with Crippen molar-refractivity contribution in [3.63, 3.8) is 0 Å². The quantitative estimate of drug-likeness (QED) is 0.658. The topological polar surface area (TPSA) is 46.6 Å². The molecule has 1 saturated carbocycles. The van der Waals surface area contributed by atoms with Crippen LogP contribution in [0.15, 0.2) is 0 Å². The molecule has 2 rings (SSSR count). The molecule has 1 saturated heterocycles. The van der Waals surface area contributed by atoms with E-state index in [1.54, 1.807) is 4.90 Å². The smallest absolute Gasteiger partial charge is 0.410 e. The Morgan fingerprint density at radius 1 is 1.29 bits per heavy atom. The Bertz CT molecular complexity index is 321. The van der Waals surface area contributed by atoms with Crippen LogP contribution in [0.3, 0.4) is 0 Å². The second-order valence-corrected chi connectivity index (χ2v) is 6.28. The average Bonchev–Trinajstić information content (AvgIpc) is 2.50. The van der Waals surface area contributed by atoms with Gasteiger partial charge in [-0.15, -0.1) is 0 Å². The Labute approximate surface area is 102 Å². The summed E-state index contributed by atoms with van der Waals surface area (Å²) in [4.78, 5) is 24.6. The van der Waals surface area contributed by atoms with Crippen LogP contribution in [-0.2, 0) is 9.53 Å². The maximum Gasteiger partial charge on any atom is 0.410 e. The molecule has 1 heterocycles. The first-order valence-corrected chi connectivity index (χ1v) is 6.32. The van der Waals surface area contributed by atoms with Gasteiger partial charge in [0.2, 0.25) is 0 Å². The lowest BCUT2D eigenvalue weighted by Crippen LogP contribution is -2.44. The van der Waals surface area contributed by atoms with Gasteiger partial charge in [-0.25, -0.2) is 4.79 Å². The number of nitrogens with zero attached hydrogens (tertiary/aromatic N) is 1. The van der Waals surface area contributed by atoms with Crippen LogP contribution < -0.4 is 0 Å². The first-order chi connectivity index (χ1) is 7.89. The van der Waals surface area contributed by atoms with Crippen molar-refractivity contribution in [2.75, 3.05) is 13.1 Å². The van der Waals surface area contributed by atoms with Crippen LogP contribution in [0, 0.1) is 17.8 Å². The highest BCUT2D eigenvalue weighted by atomic mass is 16.6. The molecule has 0 aromatic heterocycles. The molecule has 17 heavy (non-hydrogen) atoms. The standard InChI is InChI=1S/C13H21NO3/c1-13(2,3)17-12(16)14-6-9-4-10(7-14)11(5-9)8-15/h8-11H,4-7H2,1-3H3/t9-,10-,11-/m0/s1. The molecule has 4 heteroatoms. The number of carbonyl (C=O) groups is 2. The Hall–Kier alpha value is -1.06. The van der Waals surface area contributed by atoms with Gasteiger partial charge < -0.3 is 14.4 Å². The van der Waals surface area contributed by atoms with Gasteiger partial charge >= 0.3 is 6.09 Å². The molecule has 1 aliphatic heterocycles. The third-order valence-corrected chi connectivity index (χ3v) is 3.61. The van der Waals surface area contributed by atoms with Crippen molar-refractivity contribution in [1.82, 2.24) is 4.90 Å². The van der Waals surface area contributed by atoms with Gasteiger partial charge in [0, 0.05) is 19.0 Å². The van der Waals surface area contributed by atoms with E-state index < -0.39 is 5.60 Å². The molecular formula is C13H21NO3. The van der Waals surface area contributed by atoms with Crippen molar-refractivity contribution in [1.29, 1.82) is 0 Å². The van der Waals surface area contributed by atoms with E-state index in [0.29, 0.717) is 18.4 Å². The van der Waals surface area contributed by atoms with Crippen LogP contribution in [0.4, 0.5) is 4.79 Å². The summed E-state index contributed by atoms with van der Waals surface area (Å²) < 4.78 is 5.37. The Balaban J connectivity index is 1.97. The number of hydrogen-bond acceptors (Lipinski definition) is 3. The molecule has 0 aromatic carbocycles. The van der Waals surface area contributed by atoms with Gasteiger partial charge in [0.15, 0.2) is 0 Å². The zero-order chi connectivity index (χ0) is 12.6. The molecule has 4 nitrogen and oxygen atoms in total. The van der Waals surface area contributed by atoms with Crippen LogP contribution in [0.25, 0.3) is 0 Å². The number of fused-ring (bicyclic) bond motifs is 2. The Morgan fingerprint density at radius 2 is 2.00 bits per heavy atom. The predicted molar refractivity (Wildman–Crippen MR) is 63.6 cm³/mol. The highest BCUT2D eigenvalue weighted by Gasteiger charge is 2.42. The molecule has 0 spiro atoms. The first kappa shape index (κ1) is 12.4. The van der Waals surface area contributed by atoms with Gasteiger partial charge in [0.05, 0.1) is 0 Å². The van der Waals surface area contributed by atoms with Gasteiger partial charge in [-0.05, 0) is 45.4 Å². The summed E-state index contributed by atoms with van der Waals surface area (Å²) in [6.45, 7) is 7.04. The van der Waals surface area contributed by atoms with Crippen molar-refractivity contribution in [3.8, 4) is 0 Å². The molecule has 2 fully saturated rings. The first-order valence-electron chi connectivity index (χ1n) is 6.32. The summed E-state index contributed by atoms with van der Waals surface area (Å²) in [5.41, 5.74) is -0.447. The molecule has 0 radical (unpaired) electrons. The fraction of sp³-hybridized carbons (Fsp3) is 0.846. The van der Waals surface area contributed by atoms with Crippen LogP contribution in [0.5, 0.6) is 0 Å². The van der Waals surface area contributed by atoms with Crippen molar-refractivity contribution < 1.29 is 14.3 Å². The summed E-state index contributed by atoms with van der Waals surface area (Å²) >= 11 is 0. The molecule has 2 bridgehead atoms. The SMILES string of the molecule is CC(C)(C)OC(=O)N1C[C@H]2C[C@@H](C1)[C@H](C=O)C2. The zero-order valence-corrected chi connectivity index (χ0v) is 10.8. The summed E-state index contributed by atoms with van der Waals surface area (Å²) in [5.74, 6) is 0.975. The number of likely N-dealkylation sites (tertiary alicyclic amines) is 1. The lowest BCUT2D eigenvalue weighted by molar-refractivity contribution is -0.112. The minimum atomic E-state index is -0.447. The largest absolute Gasteiger partial charge is 0.444 e. The lowest BCUT2D eigenvalue weighted by atomic mass is 9.95. The Morgan fingerprint density at radius 3 is 2.59 bits per heavy atom. The highest BCUT2D eigenvalue weighted by Crippen LogP contribution is 2.40. The summed E-state index contributed by atoms with van der Waals surface area (Å²) in [7, 11) is 0. The summed E-state index contributed by atoms with van der Waals surface area (Å²) in [6.07, 6.45) is 2.85. The van der Waals surface area contributed by atoms with Crippen molar-refractivity contribution >= 4 is 12.4 Å². The third-order valence-electron chi connectivity index (χ3n) is 3.61. The van der Waals surface area contributed by atoms with Crippen molar-refractivity contribution in [2.24, 2.45) is 17.8 Å². The van der Waals surface area contributed by atoms with Gasteiger partial charge in [0.1, 0.15) is 11.9 Å². The molecule has 1 aliphatic carbocycles. The maximum atomic E-state index is 11.9. The number of aldehydes is 1. The summed E-state index contributed by atoms with van der Waals surface area (Å²) in [5, 5.41) is 0. The van der Waals surface area contributed by atoms with Crippen LogP contribution >= 0.6 is 0 Å². The lowest BCUT2D eigenvalue weighted by Gasteiger charge is -2.33. The second kappa shape index (κ2) is 4.31. The fourth-order valence-corrected chi connectivity index (χ4v) is 2.95. The minimum absolute atomic E-state index is 0.146. The third kappa shape index (κ3) is 2.79. The number of hydrogen-bond donors (Lipinski definition) is 0. The highest BCUT2D eigenvalue weighted by molar-refractivity contribution is 5.68. The van der Waals surface area contributed by atoms with E-state index in [1.807, 2.05) is 20.8 Å². The number of piperidine rings is 1. The van der Waals surface area contributed by atoms with Gasteiger partial charge in [-0.2, -0.15) is 0 Å². The van der Waals surface area contributed by atoms with Crippen molar-refractivity contribution in [3.05, 3.63) is 0 Å². The molecule has 0 unspecified atom stereocenters. The van der Waals surface area contributed by atoms with E-state index >= 15 is 0 Å². The maximum absolute atomic E-state index is 11.9. The predicted octanol–water partition coefficient (Wildman–Crippen LogP) is 2.08. The zero-order valence-electron chi connectivity index (χ0n) is 10.8. The number of ether oxygens (including phenoxy) is 1. The van der Waals surface area contributed by atoms with Crippen LogP contribution in [-0.4, -0.2) is 36.0 Å². The number of rotatable bonds is 1. The molecule has 3 atom stereocenters.